The van der Waals surface area contributed by atoms with Crippen LogP contribution in [0.3, 0.4) is 0 Å². The molecule has 0 saturated heterocycles. The van der Waals surface area contributed by atoms with Crippen molar-refractivity contribution < 1.29 is 19.4 Å². The van der Waals surface area contributed by atoms with E-state index in [9.17, 15) is 14.7 Å². The quantitative estimate of drug-likeness (QED) is 0.405. The standard InChI is InChI=1S/C22H18BrNO4/c1-28-22-13-19(23)16(11-21(22)27)5-7-18(26)12-17(25)6-3-14-2-4-15-8-9-24-20(15)10-14/h2-11,13,24,27H,12H2,1H3/b6-3+,7-5+. The lowest BCUT2D eigenvalue weighted by molar-refractivity contribution is -0.121. The number of halogens is 1. The summed E-state index contributed by atoms with van der Waals surface area (Å²) in [6, 6.07) is 10.9. The minimum Gasteiger partial charge on any atom is -0.504 e. The Balaban J connectivity index is 1.61. The summed E-state index contributed by atoms with van der Waals surface area (Å²) < 4.78 is 5.68. The van der Waals surface area contributed by atoms with E-state index < -0.39 is 0 Å². The Labute approximate surface area is 170 Å². The summed E-state index contributed by atoms with van der Waals surface area (Å²) in [6.07, 6.45) is 7.60. The molecule has 28 heavy (non-hydrogen) atoms. The summed E-state index contributed by atoms with van der Waals surface area (Å²) >= 11 is 3.35. The van der Waals surface area contributed by atoms with Gasteiger partial charge in [0.15, 0.2) is 23.1 Å². The Bertz CT molecular complexity index is 1100. The second-order valence-corrected chi connectivity index (χ2v) is 7.00. The van der Waals surface area contributed by atoms with Crippen LogP contribution in [0, 0.1) is 0 Å². The number of phenolic OH excluding ortho intramolecular Hbond substituents is 1. The molecule has 0 spiro atoms. The van der Waals surface area contributed by atoms with Crippen LogP contribution in [0.1, 0.15) is 17.5 Å². The molecule has 1 heterocycles. The van der Waals surface area contributed by atoms with E-state index in [1.807, 2.05) is 30.5 Å². The molecule has 6 heteroatoms. The lowest BCUT2D eigenvalue weighted by Crippen LogP contribution is -2.01. The zero-order valence-corrected chi connectivity index (χ0v) is 16.7. The van der Waals surface area contributed by atoms with E-state index >= 15 is 0 Å². The Morgan fingerprint density at radius 2 is 1.86 bits per heavy atom. The molecule has 1 aromatic heterocycles. The number of methoxy groups -OCH3 is 1. The van der Waals surface area contributed by atoms with Crippen molar-refractivity contribution in [1.29, 1.82) is 0 Å². The van der Waals surface area contributed by atoms with Gasteiger partial charge >= 0.3 is 0 Å². The monoisotopic (exact) mass is 439 g/mol. The summed E-state index contributed by atoms with van der Waals surface area (Å²) in [6.45, 7) is 0. The number of ether oxygens (including phenoxy) is 1. The van der Waals surface area contributed by atoms with Gasteiger partial charge in [0, 0.05) is 16.2 Å². The number of rotatable bonds is 7. The summed E-state index contributed by atoms with van der Waals surface area (Å²) in [4.78, 5) is 27.2. The van der Waals surface area contributed by atoms with Crippen LogP contribution in [0.5, 0.6) is 11.5 Å². The summed E-state index contributed by atoms with van der Waals surface area (Å²) in [7, 11) is 1.45. The highest BCUT2D eigenvalue weighted by atomic mass is 79.9. The Hall–Kier alpha value is -3.12. The minimum absolute atomic E-state index is 0.0316. The maximum Gasteiger partial charge on any atom is 0.163 e. The average molecular weight is 440 g/mol. The molecular formula is C22H18BrNO4. The predicted molar refractivity (Wildman–Crippen MR) is 113 cm³/mol. The first-order valence-corrected chi connectivity index (χ1v) is 9.31. The first-order chi connectivity index (χ1) is 13.5. The van der Waals surface area contributed by atoms with Crippen LogP contribution in [0.4, 0.5) is 0 Å². The molecule has 0 aliphatic rings. The van der Waals surface area contributed by atoms with Crippen molar-refractivity contribution >= 4 is 50.6 Å². The Morgan fingerprint density at radius 3 is 2.61 bits per heavy atom. The van der Waals surface area contributed by atoms with Gasteiger partial charge in [-0.3, -0.25) is 9.59 Å². The van der Waals surface area contributed by atoms with Crippen LogP contribution >= 0.6 is 15.9 Å². The van der Waals surface area contributed by atoms with Gasteiger partial charge in [0.2, 0.25) is 0 Å². The first-order valence-electron chi connectivity index (χ1n) is 8.52. The second kappa shape index (κ2) is 8.71. The van der Waals surface area contributed by atoms with Gasteiger partial charge in [0.05, 0.1) is 13.5 Å². The summed E-state index contributed by atoms with van der Waals surface area (Å²) in [5.41, 5.74) is 2.47. The molecule has 0 saturated carbocycles. The highest BCUT2D eigenvalue weighted by molar-refractivity contribution is 9.10. The molecule has 3 aromatic rings. The van der Waals surface area contributed by atoms with Crippen LogP contribution < -0.4 is 4.74 Å². The van der Waals surface area contributed by atoms with Gasteiger partial charge in [-0.25, -0.2) is 0 Å². The van der Waals surface area contributed by atoms with Gasteiger partial charge in [0.25, 0.3) is 0 Å². The number of allylic oxidation sites excluding steroid dienone is 2. The van der Waals surface area contributed by atoms with Gasteiger partial charge in [-0.15, -0.1) is 0 Å². The van der Waals surface area contributed by atoms with Crippen molar-refractivity contribution in [2.75, 3.05) is 7.11 Å². The average Bonchev–Trinajstić information content (AvgIpc) is 3.14. The van der Waals surface area contributed by atoms with Crippen LogP contribution in [-0.4, -0.2) is 28.8 Å². The molecule has 2 N–H and O–H groups in total. The number of H-pyrrole nitrogens is 1. The van der Waals surface area contributed by atoms with Crippen molar-refractivity contribution in [3.8, 4) is 11.5 Å². The number of fused-ring (bicyclic) bond motifs is 1. The number of aromatic hydroxyl groups is 1. The number of ketones is 2. The molecular weight excluding hydrogens is 422 g/mol. The predicted octanol–water partition coefficient (Wildman–Crippen LogP) is 4.90. The molecule has 0 amide bonds. The molecule has 0 bridgehead atoms. The number of hydrogen-bond donors (Lipinski definition) is 2. The number of aromatic amines is 1. The number of carbonyl (C=O) groups is 2. The minimum atomic E-state index is -0.323. The molecule has 5 nitrogen and oxygen atoms in total. The van der Waals surface area contributed by atoms with E-state index in [0.29, 0.717) is 15.8 Å². The lowest BCUT2D eigenvalue weighted by Gasteiger charge is -2.06. The number of hydrogen-bond acceptors (Lipinski definition) is 4. The zero-order chi connectivity index (χ0) is 20.1. The van der Waals surface area contributed by atoms with Crippen LogP contribution in [0.25, 0.3) is 23.1 Å². The molecule has 0 radical (unpaired) electrons. The number of nitrogens with one attached hydrogen (secondary N) is 1. The Morgan fingerprint density at radius 1 is 1.11 bits per heavy atom. The maximum atomic E-state index is 12.0. The van der Waals surface area contributed by atoms with Crippen molar-refractivity contribution in [3.05, 3.63) is 70.3 Å². The van der Waals surface area contributed by atoms with Crippen LogP contribution in [0.2, 0.25) is 0 Å². The van der Waals surface area contributed by atoms with E-state index in [1.165, 1.54) is 25.3 Å². The molecule has 0 fully saturated rings. The molecule has 3 rings (SSSR count). The number of carbonyl (C=O) groups excluding carboxylic acids is 2. The van der Waals surface area contributed by atoms with Crippen LogP contribution in [-0.2, 0) is 9.59 Å². The zero-order valence-electron chi connectivity index (χ0n) is 15.1. The molecule has 0 aliphatic carbocycles. The molecule has 0 unspecified atom stereocenters. The van der Waals surface area contributed by atoms with Crippen molar-refractivity contribution in [1.82, 2.24) is 4.98 Å². The van der Waals surface area contributed by atoms with E-state index in [2.05, 4.69) is 20.9 Å². The molecule has 0 atom stereocenters. The first kappa shape index (κ1) is 19.6. The third kappa shape index (κ3) is 4.78. The number of aromatic nitrogens is 1. The fourth-order valence-corrected chi connectivity index (χ4v) is 3.14. The van der Waals surface area contributed by atoms with Gasteiger partial charge in [-0.05, 0) is 52.9 Å². The second-order valence-electron chi connectivity index (χ2n) is 6.15. The third-order valence-electron chi connectivity index (χ3n) is 4.14. The fraction of sp³-hybridized carbons (Fsp3) is 0.0909. The van der Waals surface area contributed by atoms with Gasteiger partial charge in [-0.2, -0.15) is 0 Å². The number of benzene rings is 2. The Kier molecular flexibility index (Phi) is 6.11. The maximum absolute atomic E-state index is 12.0. The van der Waals surface area contributed by atoms with E-state index in [0.717, 1.165) is 16.5 Å². The van der Waals surface area contributed by atoms with Crippen LogP contribution in [0.15, 0.2) is 59.2 Å². The summed E-state index contributed by atoms with van der Waals surface area (Å²) in [5.74, 6) is -0.307. The fourth-order valence-electron chi connectivity index (χ4n) is 2.68. The van der Waals surface area contributed by atoms with Crippen molar-refractivity contribution in [3.63, 3.8) is 0 Å². The van der Waals surface area contributed by atoms with Gasteiger partial charge < -0.3 is 14.8 Å². The smallest absolute Gasteiger partial charge is 0.163 e. The van der Waals surface area contributed by atoms with Gasteiger partial charge in [0.1, 0.15) is 0 Å². The molecule has 0 aliphatic heterocycles. The summed E-state index contributed by atoms with van der Waals surface area (Å²) in [5, 5.41) is 10.9. The normalized spacial score (nSPS) is 11.5. The molecule has 2 aromatic carbocycles. The van der Waals surface area contributed by atoms with Crippen molar-refractivity contribution in [2.24, 2.45) is 0 Å². The molecule has 142 valence electrons. The van der Waals surface area contributed by atoms with E-state index in [4.69, 9.17) is 4.74 Å². The largest absolute Gasteiger partial charge is 0.504 e. The van der Waals surface area contributed by atoms with Crippen molar-refractivity contribution in [2.45, 2.75) is 6.42 Å². The number of phenols is 1. The third-order valence-corrected chi connectivity index (χ3v) is 4.82. The highest BCUT2D eigenvalue weighted by Gasteiger charge is 2.08. The highest BCUT2D eigenvalue weighted by Crippen LogP contribution is 2.33. The SMILES string of the molecule is COc1cc(Br)c(/C=C/C(=O)CC(=O)/C=C/c2ccc3cc[nH]c3c2)cc1O. The van der Waals surface area contributed by atoms with E-state index in [1.54, 1.807) is 18.2 Å². The lowest BCUT2D eigenvalue weighted by atomic mass is 10.1. The van der Waals surface area contributed by atoms with E-state index in [-0.39, 0.29) is 23.7 Å². The topological polar surface area (TPSA) is 79.4 Å². The van der Waals surface area contributed by atoms with Gasteiger partial charge in [-0.1, -0.05) is 40.2 Å².